The molecule has 1 aliphatic carbocycles. The molecule has 34 heavy (non-hydrogen) atoms. The van der Waals surface area contributed by atoms with Crippen LogP contribution in [0.25, 0.3) is 5.57 Å². The van der Waals surface area contributed by atoms with Crippen LogP contribution in [0.5, 0.6) is 0 Å². The lowest BCUT2D eigenvalue weighted by atomic mass is 9.99. The van der Waals surface area contributed by atoms with Gasteiger partial charge in [-0.1, -0.05) is 12.1 Å². The average Bonchev–Trinajstić information content (AvgIpc) is 3.46. The van der Waals surface area contributed by atoms with Crippen molar-refractivity contribution in [3.63, 3.8) is 0 Å². The molecule has 4 rings (SSSR count). The van der Waals surface area contributed by atoms with E-state index in [0.29, 0.717) is 47.1 Å². The van der Waals surface area contributed by atoms with Gasteiger partial charge in [-0.3, -0.25) is 4.79 Å². The first-order valence-corrected chi connectivity index (χ1v) is 11.9. The van der Waals surface area contributed by atoms with E-state index in [2.05, 4.69) is 20.9 Å². The van der Waals surface area contributed by atoms with Gasteiger partial charge in [0.15, 0.2) is 5.82 Å². The zero-order valence-corrected chi connectivity index (χ0v) is 19.8. The first-order valence-electron chi connectivity index (χ1n) is 11.9. The smallest absolute Gasteiger partial charge is 0.251 e. The molecule has 9 nitrogen and oxygen atoms in total. The summed E-state index contributed by atoms with van der Waals surface area (Å²) >= 11 is 0. The fourth-order valence-electron chi connectivity index (χ4n) is 3.87. The van der Waals surface area contributed by atoms with Crippen molar-refractivity contribution in [2.75, 3.05) is 36.9 Å². The van der Waals surface area contributed by atoms with E-state index in [0.717, 1.165) is 50.1 Å². The van der Waals surface area contributed by atoms with E-state index in [1.165, 1.54) is 6.20 Å². The Bertz CT molecular complexity index is 1040. The van der Waals surface area contributed by atoms with Crippen LogP contribution >= 0.6 is 0 Å². The molecule has 2 fully saturated rings. The molecular formula is C25H34N6O3. The molecule has 1 amide bonds. The molecule has 2 atom stereocenters. The molecule has 0 spiro atoms. The van der Waals surface area contributed by atoms with Crippen LogP contribution in [-0.4, -0.2) is 59.4 Å². The quantitative estimate of drug-likeness (QED) is 0.360. The number of ether oxygens (including phenoxy) is 1. The van der Waals surface area contributed by atoms with Crippen molar-refractivity contribution in [3.05, 3.63) is 53.0 Å². The summed E-state index contributed by atoms with van der Waals surface area (Å²) in [5, 5.41) is 19.3. The zero-order valence-electron chi connectivity index (χ0n) is 19.8. The first-order chi connectivity index (χ1) is 16.4. The molecule has 182 valence electrons. The van der Waals surface area contributed by atoms with Gasteiger partial charge in [0.2, 0.25) is 0 Å². The molecule has 1 aromatic heterocycles. The number of amides is 1. The number of nitrogens with two attached hydrogens (primary N) is 1. The number of nitrogens with one attached hydrogen (secondary N) is 3. The molecule has 0 radical (unpaired) electrons. The average molecular weight is 467 g/mol. The summed E-state index contributed by atoms with van der Waals surface area (Å²) in [6, 6.07) is 7.75. The van der Waals surface area contributed by atoms with E-state index >= 15 is 0 Å². The summed E-state index contributed by atoms with van der Waals surface area (Å²) in [5.74, 6) is 2.11. The van der Waals surface area contributed by atoms with Crippen LogP contribution in [0.2, 0.25) is 0 Å². The third-order valence-corrected chi connectivity index (χ3v) is 6.00. The largest absolute Gasteiger partial charge is 0.404 e. The Morgan fingerprint density at radius 2 is 2.00 bits per heavy atom. The molecule has 2 aromatic rings. The van der Waals surface area contributed by atoms with E-state index in [-0.39, 0.29) is 5.91 Å². The Balaban J connectivity index is 1.58. The van der Waals surface area contributed by atoms with Gasteiger partial charge in [0.05, 0.1) is 12.7 Å². The van der Waals surface area contributed by atoms with Crippen molar-refractivity contribution in [3.8, 4) is 0 Å². The monoisotopic (exact) mass is 466 g/mol. The SMILES string of the molecule is Cc1cc(C(=CN)c2nc(NCC(C)O)cc(NC[C@H]3CCOC3)n2)ccc1C(=O)NC1CC1. The number of rotatable bonds is 10. The van der Waals surface area contributed by atoms with Crippen molar-refractivity contribution in [1.29, 1.82) is 0 Å². The normalized spacial score (nSPS) is 19.0. The van der Waals surface area contributed by atoms with Gasteiger partial charge in [0.25, 0.3) is 5.91 Å². The van der Waals surface area contributed by atoms with Crippen LogP contribution in [-0.2, 0) is 4.74 Å². The summed E-state index contributed by atoms with van der Waals surface area (Å²) in [7, 11) is 0. The minimum atomic E-state index is -0.521. The molecule has 2 aliphatic rings. The van der Waals surface area contributed by atoms with Crippen molar-refractivity contribution in [2.24, 2.45) is 11.7 Å². The van der Waals surface area contributed by atoms with Crippen molar-refractivity contribution >= 4 is 23.1 Å². The van der Waals surface area contributed by atoms with Gasteiger partial charge in [-0.25, -0.2) is 9.97 Å². The molecule has 1 aliphatic heterocycles. The Labute approximate surface area is 200 Å². The summed E-state index contributed by atoms with van der Waals surface area (Å²) in [4.78, 5) is 21.9. The lowest BCUT2D eigenvalue weighted by Gasteiger charge is -2.16. The van der Waals surface area contributed by atoms with E-state index in [9.17, 15) is 9.90 Å². The number of nitrogens with zero attached hydrogens (tertiary/aromatic N) is 2. The van der Waals surface area contributed by atoms with Crippen LogP contribution in [0, 0.1) is 12.8 Å². The summed E-state index contributed by atoms with van der Waals surface area (Å²) < 4.78 is 5.47. The summed E-state index contributed by atoms with van der Waals surface area (Å²) in [5.41, 5.74) is 9.03. The van der Waals surface area contributed by atoms with Crippen LogP contribution in [0.4, 0.5) is 11.6 Å². The number of carbonyl (C=O) groups is 1. The second-order valence-corrected chi connectivity index (χ2v) is 9.16. The maximum Gasteiger partial charge on any atom is 0.251 e. The predicted molar refractivity (Wildman–Crippen MR) is 133 cm³/mol. The Morgan fingerprint density at radius 1 is 1.24 bits per heavy atom. The Hall–Kier alpha value is -3.17. The Kier molecular flexibility index (Phi) is 7.64. The molecule has 1 saturated carbocycles. The van der Waals surface area contributed by atoms with Crippen LogP contribution in [0.3, 0.4) is 0 Å². The first kappa shape index (κ1) is 24.0. The number of hydrogen-bond acceptors (Lipinski definition) is 8. The molecular weight excluding hydrogens is 432 g/mol. The van der Waals surface area contributed by atoms with Gasteiger partial charge in [0, 0.05) is 55.1 Å². The third kappa shape index (κ3) is 6.24. The van der Waals surface area contributed by atoms with Gasteiger partial charge < -0.3 is 31.5 Å². The van der Waals surface area contributed by atoms with Crippen LogP contribution in [0.15, 0.2) is 30.5 Å². The second kappa shape index (κ2) is 10.8. The lowest BCUT2D eigenvalue weighted by Crippen LogP contribution is -2.26. The molecule has 1 saturated heterocycles. The number of aliphatic hydroxyl groups is 1. The standard InChI is InChI=1S/C25H34N6O3/c1-15-9-18(3-6-20(15)25(33)29-19-4-5-19)21(11-26)24-30-22(27-12-16(2)32)10-23(31-24)28-13-17-7-8-34-14-17/h3,6,9-11,16-17,19,32H,4-5,7-8,12-14,26H2,1-2H3,(H,29,33)(H2,27,28,30,31)/t16?,17-/m1/s1. The number of hydrogen-bond donors (Lipinski definition) is 5. The second-order valence-electron chi connectivity index (χ2n) is 9.16. The number of carbonyl (C=O) groups excluding carboxylic acids is 1. The van der Waals surface area contributed by atoms with E-state index in [1.54, 1.807) is 6.92 Å². The maximum absolute atomic E-state index is 12.5. The van der Waals surface area contributed by atoms with Gasteiger partial charge in [-0.15, -0.1) is 0 Å². The fraction of sp³-hybridized carbons (Fsp3) is 0.480. The lowest BCUT2D eigenvalue weighted by molar-refractivity contribution is 0.0950. The van der Waals surface area contributed by atoms with E-state index < -0.39 is 6.10 Å². The van der Waals surface area contributed by atoms with Crippen LogP contribution < -0.4 is 21.7 Å². The molecule has 2 heterocycles. The fourth-order valence-corrected chi connectivity index (χ4v) is 3.87. The molecule has 6 N–H and O–H groups in total. The van der Waals surface area contributed by atoms with Crippen LogP contribution in [0.1, 0.15) is 53.5 Å². The number of benzene rings is 1. The minimum Gasteiger partial charge on any atom is -0.404 e. The van der Waals surface area contributed by atoms with Gasteiger partial charge in [0.1, 0.15) is 11.6 Å². The topological polar surface area (TPSA) is 134 Å². The number of aliphatic hydroxyl groups excluding tert-OH is 1. The molecule has 0 bridgehead atoms. The molecule has 1 unspecified atom stereocenters. The highest BCUT2D eigenvalue weighted by molar-refractivity contribution is 5.96. The third-order valence-electron chi connectivity index (χ3n) is 6.00. The number of aryl methyl sites for hydroxylation is 1. The zero-order chi connectivity index (χ0) is 24.1. The Morgan fingerprint density at radius 3 is 2.62 bits per heavy atom. The van der Waals surface area contributed by atoms with Crippen molar-refractivity contribution in [1.82, 2.24) is 15.3 Å². The van der Waals surface area contributed by atoms with Crippen molar-refractivity contribution in [2.45, 2.75) is 45.3 Å². The van der Waals surface area contributed by atoms with Gasteiger partial charge >= 0.3 is 0 Å². The number of anilines is 2. The van der Waals surface area contributed by atoms with Gasteiger partial charge in [-0.2, -0.15) is 0 Å². The predicted octanol–water partition coefficient (Wildman–Crippen LogP) is 2.27. The minimum absolute atomic E-state index is 0.0484. The highest BCUT2D eigenvalue weighted by Crippen LogP contribution is 2.26. The highest BCUT2D eigenvalue weighted by Gasteiger charge is 2.24. The summed E-state index contributed by atoms with van der Waals surface area (Å²) in [6.07, 6.45) is 4.08. The van der Waals surface area contributed by atoms with Gasteiger partial charge in [-0.05, 0) is 50.3 Å². The maximum atomic E-state index is 12.5. The highest BCUT2D eigenvalue weighted by atomic mass is 16.5. The molecule has 9 heteroatoms. The van der Waals surface area contributed by atoms with Crippen molar-refractivity contribution < 1.29 is 14.6 Å². The molecule has 1 aromatic carbocycles. The van der Waals surface area contributed by atoms with E-state index in [1.807, 2.05) is 31.2 Å². The van der Waals surface area contributed by atoms with E-state index in [4.69, 9.17) is 15.5 Å². The number of aromatic nitrogens is 2. The summed E-state index contributed by atoms with van der Waals surface area (Å²) in [6.45, 7) is 6.26.